The summed E-state index contributed by atoms with van der Waals surface area (Å²) in [6, 6.07) is 6.99. The zero-order chi connectivity index (χ0) is 20.5. The molecule has 1 saturated heterocycles. The van der Waals surface area contributed by atoms with Crippen molar-refractivity contribution >= 4 is 9.84 Å². The van der Waals surface area contributed by atoms with Crippen LogP contribution in [0.4, 0.5) is 0 Å². The minimum Gasteiger partial charge on any atom is -0.493 e. The first-order chi connectivity index (χ1) is 14.0. The van der Waals surface area contributed by atoms with Crippen molar-refractivity contribution in [1.82, 2.24) is 15.1 Å². The third-order valence-corrected chi connectivity index (χ3v) is 8.31. The van der Waals surface area contributed by atoms with E-state index >= 15 is 0 Å². The Balaban J connectivity index is 1.81. The van der Waals surface area contributed by atoms with Gasteiger partial charge in [0.25, 0.3) is 0 Å². The number of hydrogen-bond acceptors (Lipinski definition) is 6. The molecule has 1 aromatic carbocycles. The number of allylic oxidation sites excluding steroid dienone is 3. The highest BCUT2D eigenvalue weighted by Gasteiger charge is 2.50. The van der Waals surface area contributed by atoms with Gasteiger partial charge in [-0.1, -0.05) is 30.4 Å². The number of sulfone groups is 1. The van der Waals surface area contributed by atoms with Gasteiger partial charge in [-0.15, -0.1) is 0 Å². The highest BCUT2D eigenvalue weighted by atomic mass is 32.2. The second-order valence-corrected chi connectivity index (χ2v) is 9.97. The number of rotatable bonds is 6. The van der Waals surface area contributed by atoms with Crippen LogP contribution in [0.25, 0.3) is 0 Å². The molecule has 2 heterocycles. The largest absolute Gasteiger partial charge is 0.493 e. The Morgan fingerprint density at radius 1 is 1.17 bits per heavy atom. The number of nitrogens with zero attached hydrogens (tertiary/aromatic N) is 2. The normalized spacial score (nSPS) is 25.2. The van der Waals surface area contributed by atoms with E-state index in [2.05, 4.69) is 22.2 Å². The van der Waals surface area contributed by atoms with Crippen molar-refractivity contribution in [3.05, 3.63) is 59.8 Å². The SMILES string of the molecule is CCOc1ccccc1S(=O)(=O)C1(CN2CCN(C)CC2)C=CC=C2NCC=C21. The number of likely N-dealkylation sites (N-methyl/N-ethyl adjacent to an activating group) is 1. The molecule has 6 nitrogen and oxygen atoms in total. The number of benzene rings is 1. The first kappa shape index (κ1) is 20.2. The zero-order valence-electron chi connectivity index (χ0n) is 17.1. The van der Waals surface area contributed by atoms with E-state index in [1.165, 1.54) is 0 Å². The van der Waals surface area contributed by atoms with E-state index in [9.17, 15) is 8.42 Å². The highest BCUT2D eigenvalue weighted by Crippen LogP contribution is 2.43. The molecule has 3 aliphatic rings. The third kappa shape index (κ3) is 3.52. The van der Waals surface area contributed by atoms with Crippen molar-refractivity contribution in [3.8, 4) is 5.75 Å². The highest BCUT2D eigenvalue weighted by molar-refractivity contribution is 7.93. The first-order valence-corrected chi connectivity index (χ1v) is 11.7. The van der Waals surface area contributed by atoms with E-state index in [1.807, 2.05) is 37.3 Å². The van der Waals surface area contributed by atoms with Gasteiger partial charge in [-0.2, -0.15) is 0 Å². The molecule has 4 rings (SSSR count). The summed E-state index contributed by atoms with van der Waals surface area (Å²) in [5.41, 5.74) is 1.75. The number of para-hydroxylation sites is 1. The molecular formula is C22H29N3O3S. The summed E-state index contributed by atoms with van der Waals surface area (Å²) < 4.78 is 33.0. The fourth-order valence-electron chi connectivity index (χ4n) is 4.35. The predicted octanol–water partition coefficient (Wildman–Crippen LogP) is 1.83. The van der Waals surface area contributed by atoms with Crippen molar-refractivity contribution in [3.63, 3.8) is 0 Å². The van der Waals surface area contributed by atoms with Gasteiger partial charge in [-0.3, -0.25) is 4.90 Å². The smallest absolute Gasteiger partial charge is 0.196 e. The maximum Gasteiger partial charge on any atom is 0.196 e. The fourth-order valence-corrected chi connectivity index (χ4v) is 6.48. The zero-order valence-corrected chi connectivity index (χ0v) is 17.9. The Bertz CT molecular complexity index is 959. The van der Waals surface area contributed by atoms with Crippen LogP contribution in [0.2, 0.25) is 0 Å². The molecule has 29 heavy (non-hydrogen) atoms. The molecule has 1 aliphatic carbocycles. The molecule has 1 atom stereocenters. The summed E-state index contributed by atoms with van der Waals surface area (Å²) in [4.78, 5) is 4.81. The van der Waals surface area contributed by atoms with Gasteiger partial charge in [0, 0.05) is 45.0 Å². The third-order valence-electron chi connectivity index (χ3n) is 5.95. The topological polar surface area (TPSA) is 61.9 Å². The summed E-state index contributed by atoms with van der Waals surface area (Å²) in [6.07, 6.45) is 7.73. The molecule has 0 amide bonds. The lowest BCUT2D eigenvalue weighted by atomic mass is 9.91. The van der Waals surface area contributed by atoms with Crippen molar-refractivity contribution < 1.29 is 13.2 Å². The predicted molar refractivity (Wildman–Crippen MR) is 115 cm³/mol. The molecule has 7 heteroatoms. The van der Waals surface area contributed by atoms with Gasteiger partial charge in [0.2, 0.25) is 0 Å². The summed E-state index contributed by atoms with van der Waals surface area (Å²) in [7, 11) is -1.66. The number of nitrogens with one attached hydrogen (secondary N) is 1. The molecule has 1 aromatic rings. The lowest BCUT2D eigenvalue weighted by Gasteiger charge is -2.41. The molecule has 0 radical (unpaired) electrons. The number of fused-ring (bicyclic) bond motifs is 1. The maximum atomic E-state index is 14.2. The van der Waals surface area contributed by atoms with Crippen molar-refractivity contribution in [1.29, 1.82) is 0 Å². The number of piperazine rings is 1. The van der Waals surface area contributed by atoms with Crippen LogP contribution in [0.15, 0.2) is 64.7 Å². The van der Waals surface area contributed by atoms with Gasteiger partial charge in [-0.25, -0.2) is 8.42 Å². The fraction of sp³-hybridized carbons (Fsp3) is 0.455. The average molecular weight is 416 g/mol. The van der Waals surface area contributed by atoms with Crippen molar-refractivity contribution in [2.75, 3.05) is 52.9 Å². The van der Waals surface area contributed by atoms with Gasteiger partial charge in [0.1, 0.15) is 15.4 Å². The molecule has 0 bridgehead atoms. The van der Waals surface area contributed by atoms with E-state index in [0.717, 1.165) is 37.4 Å². The van der Waals surface area contributed by atoms with E-state index in [0.29, 0.717) is 25.4 Å². The van der Waals surface area contributed by atoms with Crippen LogP contribution >= 0.6 is 0 Å². The van der Waals surface area contributed by atoms with Crippen LogP contribution < -0.4 is 10.1 Å². The molecule has 0 spiro atoms. The van der Waals surface area contributed by atoms with Crippen LogP contribution in [0.1, 0.15) is 6.92 Å². The summed E-state index contributed by atoms with van der Waals surface area (Å²) >= 11 is 0. The molecule has 1 N–H and O–H groups in total. The van der Waals surface area contributed by atoms with Crippen molar-refractivity contribution in [2.45, 2.75) is 16.6 Å². The van der Waals surface area contributed by atoms with Crippen LogP contribution in [0.3, 0.4) is 0 Å². The van der Waals surface area contributed by atoms with Crippen molar-refractivity contribution in [2.24, 2.45) is 0 Å². The Morgan fingerprint density at radius 2 is 1.93 bits per heavy atom. The van der Waals surface area contributed by atoms with Crippen LogP contribution in [-0.2, 0) is 9.84 Å². The molecule has 2 aliphatic heterocycles. The standard InChI is InChI=1S/C22H29N3O3S/c1-3-28-20-8-4-5-9-21(20)29(26,27)22(17-25-15-13-24(2)14-16-25)11-6-7-19-18(22)10-12-23-19/h4-11,23H,3,12-17H2,1-2H3. The molecule has 0 aromatic heterocycles. The Labute approximate surface area is 173 Å². The minimum atomic E-state index is -3.76. The molecular weight excluding hydrogens is 386 g/mol. The van der Waals surface area contributed by atoms with Crippen LogP contribution in [-0.4, -0.2) is 75.9 Å². The second kappa shape index (κ2) is 7.97. The minimum absolute atomic E-state index is 0.259. The molecule has 1 unspecified atom stereocenters. The summed E-state index contributed by atoms with van der Waals surface area (Å²) in [5, 5.41) is 3.32. The van der Waals surface area contributed by atoms with E-state index < -0.39 is 14.6 Å². The molecule has 0 saturated carbocycles. The second-order valence-electron chi connectivity index (χ2n) is 7.79. The van der Waals surface area contributed by atoms with Gasteiger partial charge >= 0.3 is 0 Å². The van der Waals surface area contributed by atoms with Gasteiger partial charge in [0.05, 0.1) is 6.61 Å². The molecule has 156 valence electrons. The Morgan fingerprint density at radius 3 is 2.69 bits per heavy atom. The Kier molecular flexibility index (Phi) is 5.55. The van der Waals surface area contributed by atoms with E-state index in [4.69, 9.17) is 4.74 Å². The van der Waals surface area contributed by atoms with Gasteiger partial charge < -0.3 is 15.0 Å². The quantitative estimate of drug-likeness (QED) is 0.765. The maximum absolute atomic E-state index is 14.2. The monoisotopic (exact) mass is 415 g/mol. The first-order valence-electron chi connectivity index (χ1n) is 10.2. The number of ether oxygens (including phenoxy) is 1. The summed E-state index contributed by atoms with van der Waals surface area (Å²) in [5.74, 6) is 0.420. The molecule has 1 fully saturated rings. The Hall–Kier alpha value is -2.09. The lowest BCUT2D eigenvalue weighted by molar-refractivity contribution is 0.150. The lowest BCUT2D eigenvalue weighted by Crippen LogP contribution is -2.54. The van der Waals surface area contributed by atoms with Gasteiger partial charge in [-0.05, 0) is 37.8 Å². The number of hydrogen-bond donors (Lipinski definition) is 1. The summed E-state index contributed by atoms with van der Waals surface area (Å²) in [6.45, 7) is 6.96. The van der Waals surface area contributed by atoms with E-state index in [-0.39, 0.29) is 4.90 Å². The average Bonchev–Trinajstić information content (AvgIpc) is 3.20. The van der Waals surface area contributed by atoms with Crippen LogP contribution in [0, 0.1) is 0 Å². The van der Waals surface area contributed by atoms with E-state index in [1.54, 1.807) is 18.2 Å². The van der Waals surface area contributed by atoms with Crippen LogP contribution in [0.5, 0.6) is 5.75 Å². The van der Waals surface area contributed by atoms with Gasteiger partial charge in [0.15, 0.2) is 9.84 Å².